The summed E-state index contributed by atoms with van der Waals surface area (Å²) in [6, 6.07) is 7.29. The number of fused-ring (bicyclic) bond motifs is 1. The van der Waals surface area contributed by atoms with Gasteiger partial charge in [0.25, 0.3) is 0 Å². The molecule has 2 aromatic carbocycles. The summed E-state index contributed by atoms with van der Waals surface area (Å²) in [5.74, 6) is 0.729. The fourth-order valence-corrected chi connectivity index (χ4v) is 4.24. The number of ether oxygens (including phenoxy) is 1. The molecule has 0 saturated heterocycles. The van der Waals surface area contributed by atoms with E-state index in [9.17, 15) is 8.78 Å². The third-order valence-electron chi connectivity index (χ3n) is 5.87. The SMILES string of the molecule is C=CCCc1c(OC(F)F)cc2cc(C3CCC(CC)CC3)ccc2c1F. The summed E-state index contributed by atoms with van der Waals surface area (Å²) < 4.78 is 45.3. The van der Waals surface area contributed by atoms with Crippen LogP contribution in [0.25, 0.3) is 10.8 Å². The van der Waals surface area contributed by atoms with Gasteiger partial charge < -0.3 is 4.74 Å². The van der Waals surface area contributed by atoms with Gasteiger partial charge in [-0.25, -0.2) is 4.39 Å². The first-order valence-corrected chi connectivity index (χ1v) is 9.84. The fourth-order valence-electron chi connectivity index (χ4n) is 4.24. The van der Waals surface area contributed by atoms with Crippen molar-refractivity contribution >= 4 is 10.8 Å². The van der Waals surface area contributed by atoms with Crippen LogP contribution in [0.5, 0.6) is 5.75 Å². The highest BCUT2D eigenvalue weighted by Crippen LogP contribution is 2.39. The maximum Gasteiger partial charge on any atom is 0.387 e. The van der Waals surface area contributed by atoms with E-state index in [0.29, 0.717) is 23.1 Å². The minimum atomic E-state index is -2.98. The van der Waals surface area contributed by atoms with E-state index < -0.39 is 12.4 Å². The Morgan fingerprint density at radius 2 is 1.93 bits per heavy atom. The quantitative estimate of drug-likeness (QED) is 0.458. The molecule has 1 aliphatic rings. The van der Waals surface area contributed by atoms with Crippen molar-refractivity contribution in [2.24, 2.45) is 5.92 Å². The van der Waals surface area contributed by atoms with E-state index >= 15 is 4.39 Å². The molecule has 0 unspecified atom stereocenters. The topological polar surface area (TPSA) is 9.23 Å². The average molecular weight is 376 g/mol. The van der Waals surface area contributed by atoms with Crippen LogP contribution in [-0.4, -0.2) is 6.61 Å². The Morgan fingerprint density at radius 3 is 2.56 bits per heavy atom. The number of alkyl halides is 2. The highest BCUT2D eigenvalue weighted by atomic mass is 19.3. The molecular weight excluding hydrogens is 349 g/mol. The van der Waals surface area contributed by atoms with Crippen LogP contribution >= 0.6 is 0 Å². The molecular formula is C23H27F3O. The number of allylic oxidation sites excluding steroid dienone is 1. The minimum Gasteiger partial charge on any atom is -0.434 e. The van der Waals surface area contributed by atoms with Gasteiger partial charge in [-0.2, -0.15) is 8.78 Å². The van der Waals surface area contributed by atoms with Crippen LogP contribution in [0.2, 0.25) is 0 Å². The van der Waals surface area contributed by atoms with Gasteiger partial charge in [-0.05, 0) is 67.4 Å². The van der Waals surface area contributed by atoms with Crippen LogP contribution in [0.3, 0.4) is 0 Å². The van der Waals surface area contributed by atoms with Crippen LogP contribution < -0.4 is 4.74 Å². The lowest BCUT2D eigenvalue weighted by Gasteiger charge is -2.28. The number of hydrogen-bond donors (Lipinski definition) is 0. The van der Waals surface area contributed by atoms with Crippen molar-refractivity contribution in [3.63, 3.8) is 0 Å². The summed E-state index contributed by atoms with van der Waals surface area (Å²) in [7, 11) is 0. The van der Waals surface area contributed by atoms with E-state index in [2.05, 4.69) is 18.2 Å². The standard InChI is InChI=1S/C23H27F3O/c1-3-5-6-20-21(27-23(25)26)14-18-13-17(11-12-19(18)22(20)24)16-9-7-15(4-2)8-10-16/h3,11-16,23H,1,4-10H2,2H3. The van der Waals surface area contributed by atoms with Crippen molar-refractivity contribution in [1.29, 1.82) is 0 Å². The zero-order chi connectivity index (χ0) is 19.4. The Hall–Kier alpha value is -1.97. The molecule has 1 fully saturated rings. The van der Waals surface area contributed by atoms with Crippen LogP contribution in [0.1, 0.15) is 62.5 Å². The summed E-state index contributed by atoms with van der Waals surface area (Å²) >= 11 is 0. The van der Waals surface area contributed by atoms with Gasteiger partial charge in [-0.15, -0.1) is 6.58 Å². The van der Waals surface area contributed by atoms with Gasteiger partial charge in [0.2, 0.25) is 0 Å². The normalized spacial score (nSPS) is 20.2. The summed E-state index contributed by atoms with van der Waals surface area (Å²) in [5.41, 5.74) is 1.36. The van der Waals surface area contributed by atoms with Crippen LogP contribution in [0.4, 0.5) is 13.2 Å². The third-order valence-corrected chi connectivity index (χ3v) is 5.87. The number of hydrogen-bond acceptors (Lipinski definition) is 1. The molecule has 0 N–H and O–H groups in total. The van der Waals surface area contributed by atoms with Gasteiger partial charge >= 0.3 is 6.61 Å². The Bertz CT molecular complexity index is 792. The predicted molar refractivity (Wildman–Crippen MR) is 104 cm³/mol. The molecule has 1 saturated carbocycles. The molecule has 2 aromatic rings. The van der Waals surface area contributed by atoms with Gasteiger partial charge in [-0.3, -0.25) is 0 Å². The number of rotatable bonds is 7. The van der Waals surface area contributed by atoms with Crippen molar-refractivity contribution < 1.29 is 17.9 Å². The number of benzene rings is 2. The van der Waals surface area contributed by atoms with E-state index in [1.807, 2.05) is 12.1 Å². The molecule has 0 aliphatic heterocycles. The maximum absolute atomic E-state index is 15.0. The summed E-state index contributed by atoms with van der Waals surface area (Å²) in [5, 5.41) is 1.09. The Balaban J connectivity index is 1.96. The first kappa shape index (κ1) is 19.8. The lowest BCUT2D eigenvalue weighted by atomic mass is 9.77. The molecule has 0 heterocycles. The lowest BCUT2D eigenvalue weighted by Crippen LogP contribution is -2.12. The molecule has 0 spiro atoms. The molecule has 1 nitrogen and oxygen atoms in total. The zero-order valence-electron chi connectivity index (χ0n) is 15.8. The first-order valence-electron chi connectivity index (χ1n) is 9.84. The van der Waals surface area contributed by atoms with E-state index in [1.54, 1.807) is 18.2 Å². The average Bonchev–Trinajstić information content (AvgIpc) is 2.67. The number of halogens is 3. The predicted octanol–water partition coefficient (Wildman–Crippen LogP) is 7.38. The van der Waals surface area contributed by atoms with Crippen molar-refractivity contribution in [3.8, 4) is 5.75 Å². The van der Waals surface area contributed by atoms with Gasteiger partial charge in [0.05, 0.1) is 0 Å². The fraction of sp³-hybridized carbons (Fsp3) is 0.478. The van der Waals surface area contributed by atoms with Crippen LogP contribution in [-0.2, 0) is 6.42 Å². The van der Waals surface area contributed by atoms with E-state index in [0.717, 1.165) is 18.8 Å². The lowest BCUT2D eigenvalue weighted by molar-refractivity contribution is -0.0505. The Morgan fingerprint density at radius 1 is 1.19 bits per heavy atom. The Labute approximate surface area is 159 Å². The molecule has 0 bridgehead atoms. The summed E-state index contributed by atoms with van der Waals surface area (Å²) in [4.78, 5) is 0. The minimum absolute atomic E-state index is 0.0660. The highest BCUT2D eigenvalue weighted by Gasteiger charge is 2.23. The maximum atomic E-state index is 15.0. The second-order valence-corrected chi connectivity index (χ2v) is 7.48. The molecule has 27 heavy (non-hydrogen) atoms. The van der Waals surface area contributed by atoms with Crippen LogP contribution in [0.15, 0.2) is 36.9 Å². The van der Waals surface area contributed by atoms with E-state index in [-0.39, 0.29) is 17.7 Å². The van der Waals surface area contributed by atoms with Crippen molar-refractivity contribution in [1.82, 2.24) is 0 Å². The molecule has 4 heteroatoms. The van der Waals surface area contributed by atoms with Gasteiger partial charge in [0.1, 0.15) is 11.6 Å². The van der Waals surface area contributed by atoms with Gasteiger partial charge in [0.15, 0.2) is 0 Å². The summed E-state index contributed by atoms with van der Waals surface area (Å²) in [6.45, 7) is 2.88. The summed E-state index contributed by atoms with van der Waals surface area (Å²) in [6.07, 6.45) is 8.34. The molecule has 1 aliphatic carbocycles. The highest BCUT2D eigenvalue weighted by molar-refractivity contribution is 5.86. The molecule has 0 amide bonds. The molecule has 146 valence electrons. The third kappa shape index (κ3) is 4.48. The molecule has 0 aromatic heterocycles. The van der Waals surface area contributed by atoms with Crippen molar-refractivity contribution in [3.05, 3.63) is 53.9 Å². The van der Waals surface area contributed by atoms with Crippen molar-refractivity contribution in [2.75, 3.05) is 0 Å². The molecule has 0 atom stereocenters. The van der Waals surface area contributed by atoms with Gasteiger partial charge in [-0.1, -0.05) is 37.6 Å². The smallest absolute Gasteiger partial charge is 0.387 e. The molecule has 0 radical (unpaired) electrons. The molecule has 3 rings (SSSR count). The van der Waals surface area contributed by atoms with E-state index in [4.69, 9.17) is 0 Å². The first-order chi connectivity index (χ1) is 13.0. The van der Waals surface area contributed by atoms with Gasteiger partial charge in [0, 0.05) is 10.9 Å². The zero-order valence-corrected chi connectivity index (χ0v) is 15.8. The van der Waals surface area contributed by atoms with E-state index in [1.165, 1.54) is 24.8 Å². The second-order valence-electron chi connectivity index (χ2n) is 7.48. The van der Waals surface area contributed by atoms with Crippen LogP contribution in [0, 0.1) is 11.7 Å². The largest absolute Gasteiger partial charge is 0.434 e. The second kappa shape index (κ2) is 8.81. The monoisotopic (exact) mass is 376 g/mol. The van der Waals surface area contributed by atoms with Crippen molar-refractivity contribution in [2.45, 2.75) is 64.4 Å². The Kier molecular flexibility index (Phi) is 6.46.